The molecular weight excluding hydrogens is 523 g/mol. The van der Waals surface area contributed by atoms with Crippen molar-refractivity contribution in [2.75, 3.05) is 30.4 Å². The van der Waals surface area contributed by atoms with E-state index in [4.69, 9.17) is 4.84 Å². The number of carbonyl (C=O) groups excluding carboxylic acids is 1. The lowest BCUT2D eigenvalue weighted by Gasteiger charge is -2.21. The van der Waals surface area contributed by atoms with Crippen molar-refractivity contribution < 1.29 is 24.4 Å². The van der Waals surface area contributed by atoms with Gasteiger partial charge >= 0.3 is 10.1 Å². The molecule has 0 aromatic heterocycles. The van der Waals surface area contributed by atoms with Crippen LogP contribution in [0.25, 0.3) is 0 Å². The highest BCUT2D eigenvalue weighted by Gasteiger charge is 2.23. The molecule has 2 heterocycles. The van der Waals surface area contributed by atoms with Gasteiger partial charge in [0.25, 0.3) is 12.4 Å². The molecule has 0 bridgehead atoms. The molecule has 0 saturated carbocycles. The fraction of sp³-hybridized carbons (Fsp3) is 0.526. The average molecular weight is 553 g/mol. The highest BCUT2D eigenvalue weighted by Crippen LogP contribution is 2.44. The Morgan fingerprint density at radius 3 is 2.15 bits per heavy atom. The van der Waals surface area contributed by atoms with Crippen LogP contribution in [-0.4, -0.2) is 81.9 Å². The maximum atomic E-state index is 13.5. The lowest BCUT2D eigenvalue weighted by molar-refractivity contribution is -0.183. The second kappa shape index (κ2) is 17.0. The maximum absolute atomic E-state index is 13.5. The zero-order valence-corrected chi connectivity index (χ0v) is 22.1. The van der Waals surface area contributed by atoms with Crippen molar-refractivity contribution in [3.05, 3.63) is 24.3 Å². The van der Waals surface area contributed by atoms with Crippen LogP contribution in [0.1, 0.15) is 19.3 Å². The summed E-state index contributed by atoms with van der Waals surface area (Å²) in [5, 5.41) is 24.5. The third kappa shape index (κ3) is 13.2. The summed E-state index contributed by atoms with van der Waals surface area (Å²) < 4.78 is 21.9. The fourth-order valence-corrected chi connectivity index (χ4v) is 10.5. The number of nitrogens with zero attached hydrogens (tertiary/aromatic N) is 2. The van der Waals surface area contributed by atoms with E-state index in [0.29, 0.717) is 36.7 Å². The summed E-state index contributed by atoms with van der Waals surface area (Å²) in [6, 6.07) is 0. The number of hydroxylamine groups is 1. The molecular formula is C19H29N4O5PS4+2. The number of nitrogens with one attached hydrogen (secondary N) is 2. The molecule has 0 aromatic rings. The van der Waals surface area contributed by atoms with Gasteiger partial charge in [0.05, 0.1) is 0 Å². The maximum Gasteiger partial charge on any atom is 0.371 e. The van der Waals surface area contributed by atoms with Crippen LogP contribution in [0.5, 0.6) is 0 Å². The SMILES string of the molecule is O=CCCC(O)NOC(O)CCNP(=O)(CCSSC1=[N+]=CC=C1)CCSSC1=[N+]=CC=C1. The zero-order valence-electron chi connectivity index (χ0n) is 17.9. The Bertz CT molecular complexity index is 822. The first-order valence-corrected chi connectivity index (χ1v) is 17.0. The second-order valence-electron chi connectivity index (χ2n) is 6.75. The van der Waals surface area contributed by atoms with Gasteiger partial charge < -0.3 is 19.6 Å². The molecule has 4 N–H and O–H groups in total. The first-order chi connectivity index (χ1) is 16.0. The standard InChI is InChI=1S/C19H29N4O5PS4/c24-11-3-4-16(25)23-28-19(26)7-10-22-29(27,12-14-30-32-17-5-1-8-20-17)13-15-31-33-18-6-2-9-21-18/h1-2,5-6,8-9,11,16,19,23,25-26H,3-4,7,10,12-15H2,(H,22,27)/q+2. The molecule has 9 nitrogen and oxygen atoms in total. The number of allylic oxidation sites excluding steroid dienone is 2. The number of aldehydes is 1. The Morgan fingerprint density at radius 1 is 1.03 bits per heavy atom. The Labute approximate surface area is 209 Å². The molecule has 2 atom stereocenters. The molecule has 33 heavy (non-hydrogen) atoms. The minimum atomic E-state index is -2.68. The molecule has 0 spiro atoms. The van der Waals surface area contributed by atoms with E-state index in [1.54, 1.807) is 55.6 Å². The second-order valence-corrected chi connectivity index (χ2v) is 14.6. The first kappa shape index (κ1) is 28.7. The van der Waals surface area contributed by atoms with Crippen LogP contribution in [0.15, 0.2) is 24.3 Å². The van der Waals surface area contributed by atoms with Crippen LogP contribution in [-0.2, 0) is 14.2 Å². The van der Waals surface area contributed by atoms with Gasteiger partial charge in [0, 0.05) is 89.1 Å². The summed E-state index contributed by atoms with van der Waals surface area (Å²) in [5.74, 6) is 1.40. The van der Waals surface area contributed by atoms with Crippen molar-refractivity contribution in [3.63, 3.8) is 0 Å². The summed E-state index contributed by atoms with van der Waals surface area (Å²) in [6.07, 6.45) is 11.2. The van der Waals surface area contributed by atoms with Crippen LogP contribution in [0.4, 0.5) is 0 Å². The van der Waals surface area contributed by atoms with Crippen LogP contribution >= 0.6 is 50.5 Å². The number of hydrogen-bond acceptors (Lipinski definition) is 10. The van der Waals surface area contributed by atoms with Gasteiger partial charge in [0.1, 0.15) is 19.8 Å². The van der Waals surface area contributed by atoms with E-state index in [9.17, 15) is 19.6 Å². The highest BCUT2D eigenvalue weighted by molar-refractivity contribution is 8.82. The average Bonchev–Trinajstić information content (AvgIpc) is 3.51. The van der Waals surface area contributed by atoms with Crippen molar-refractivity contribution in [2.45, 2.75) is 31.8 Å². The summed E-state index contributed by atoms with van der Waals surface area (Å²) in [6.45, 7) is 0.301. The Kier molecular flexibility index (Phi) is 14.8. The van der Waals surface area contributed by atoms with Gasteiger partial charge in [0.2, 0.25) is 0 Å². The van der Waals surface area contributed by atoms with Crippen molar-refractivity contribution in [1.29, 1.82) is 0 Å². The summed E-state index contributed by atoms with van der Waals surface area (Å²) >= 11 is 0. The van der Waals surface area contributed by atoms with E-state index < -0.39 is 19.8 Å². The first-order valence-electron chi connectivity index (χ1n) is 10.3. The lowest BCUT2D eigenvalue weighted by Crippen LogP contribution is -2.34. The summed E-state index contributed by atoms with van der Waals surface area (Å²) in [4.78, 5) is 15.3. The molecule has 2 aliphatic rings. The van der Waals surface area contributed by atoms with E-state index >= 15 is 0 Å². The van der Waals surface area contributed by atoms with Gasteiger partial charge in [-0.1, -0.05) is 30.9 Å². The smallest absolute Gasteiger partial charge is 0.371 e. The third-order valence-electron chi connectivity index (χ3n) is 4.10. The van der Waals surface area contributed by atoms with Crippen LogP contribution in [0.3, 0.4) is 0 Å². The Hall–Kier alpha value is -0.520. The normalized spacial score (nSPS) is 16.3. The van der Waals surface area contributed by atoms with Gasteiger partial charge in [-0.3, -0.25) is 9.92 Å². The third-order valence-corrected chi connectivity index (χ3v) is 11.9. The number of aliphatic hydroxyl groups is 2. The molecule has 182 valence electrons. The van der Waals surface area contributed by atoms with Crippen LogP contribution in [0, 0.1) is 0 Å². The molecule has 0 aromatic carbocycles. The number of rotatable bonds is 18. The van der Waals surface area contributed by atoms with Gasteiger partial charge in [-0.2, -0.15) is 5.48 Å². The molecule has 0 aliphatic carbocycles. The van der Waals surface area contributed by atoms with E-state index in [-0.39, 0.29) is 19.3 Å². The summed E-state index contributed by atoms with van der Waals surface area (Å²) in [7, 11) is 3.68. The predicted molar refractivity (Wildman–Crippen MR) is 146 cm³/mol. The van der Waals surface area contributed by atoms with Gasteiger partial charge in [-0.15, -0.1) is 0 Å². The molecule has 14 heteroatoms. The zero-order chi connectivity index (χ0) is 23.8. The van der Waals surface area contributed by atoms with Crippen molar-refractivity contribution in [1.82, 2.24) is 19.9 Å². The molecule has 2 rings (SSSR count). The minimum absolute atomic E-state index is 0.189. The van der Waals surface area contributed by atoms with Crippen molar-refractivity contribution in [2.24, 2.45) is 0 Å². The molecule has 0 fully saturated rings. The van der Waals surface area contributed by atoms with E-state index in [1.807, 2.05) is 24.3 Å². The fourth-order valence-electron chi connectivity index (χ4n) is 2.40. The number of hydrogen-bond donors (Lipinski definition) is 4. The van der Waals surface area contributed by atoms with Crippen molar-refractivity contribution >= 4 is 79.3 Å². The Balaban J connectivity index is 1.72. The Morgan fingerprint density at radius 2 is 1.64 bits per heavy atom. The van der Waals surface area contributed by atoms with E-state index in [0.717, 1.165) is 10.1 Å². The monoisotopic (exact) mass is 552 g/mol. The summed E-state index contributed by atoms with van der Waals surface area (Å²) in [5.41, 5.74) is 2.30. The number of carbonyl (C=O) groups is 1. The molecule has 2 unspecified atom stereocenters. The highest BCUT2D eigenvalue weighted by atomic mass is 33.1. The van der Waals surface area contributed by atoms with Crippen molar-refractivity contribution in [3.8, 4) is 0 Å². The van der Waals surface area contributed by atoms with E-state index in [2.05, 4.69) is 19.9 Å². The minimum Gasteiger partial charge on any atom is -0.376 e. The van der Waals surface area contributed by atoms with Crippen LogP contribution < -0.4 is 19.9 Å². The van der Waals surface area contributed by atoms with Gasteiger partial charge in [-0.05, 0) is 6.42 Å². The molecule has 2 aliphatic heterocycles. The quantitative estimate of drug-likeness (QED) is 0.0373. The predicted octanol–water partition coefficient (Wildman–Crippen LogP) is 1.36. The van der Waals surface area contributed by atoms with Gasteiger partial charge in [0.15, 0.2) is 6.29 Å². The largest absolute Gasteiger partial charge is 0.376 e. The van der Waals surface area contributed by atoms with E-state index in [1.165, 1.54) is 0 Å². The lowest BCUT2D eigenvalue weighted by atomic mass is 10.3. The van der Waals surface area contributed by atoms with Gasteiger partial charge in [-0.25, -0.2) is 0 Å². The molecule has 0 saturated heterocycles. The topological polar surface area (TPSA) is 136 Å². The molecule has 0 amide bonds. The molecule has 0 radical (unpaired) electrons. The van der Waals surface area contributed by atoms with Crippen LogP contribution in [0.2, 0.25) is 0 Å². The number of aliphatic hydroxyl groups excluding tert-OH is 2.